The molecular weight excluding hydrogens is 226 g/mol. The molecule has 0 heterocycles. The molecule has 0 saturated carbocycles. The van der Waals surface area contributed by atoms with E-state index in [-0.39, 0.29) is 0 Å². The van der Waals surface area contributed by atoms with Crippen LogP contribution in [0, 0.1) is 0 Å². The van der Waals surface area contributed by atoms with Crippen molar-refractivity contribution in [2.75, 3.05) is 33.5 Å². The van der Waals surface area contributed by atoms with Crippen molar-refractivity contribution in [2.45, 2.75) is 25.8 Å². The minimum atomic E-state index is 0.671. The van der Waals surface area contributed by atoms with Crippen LogP contribution >= 0.6 is 0 Å². The summed E-state index contributed by atoms with van der Waals surface area (Å²) < 4.78 is 10.3. The van der Waals surface area contributed by atoms with Gasteiger partial charge in [0.1, 0.15) is 0 Å². The highest BCUT2D eigenvalue weighted by molar-refractivity contribution is 5.35. The lowest BCUT2D eigenvalue weighted by Gasteiger charge is -2.07. The first kappa shape index (κ1) is 13.5. The fraction of sp³-hybridized carbons (Fsp3) is 0.600. The number of hydrogen-bond donors (Lipinski definition) is 1. The topological polar surface area (TPSA) is 30.5 Å². The Kier molecular flexibility index (Phi) is 5.65. The maximum absolute atomic E-state index is 5.40. The van der Waals surface area contributed by atoms with Crippen LogP contribution in [0.3, 0.4) is 0 Å². The number of hydrogen-bond acceptors (Lipinski definition) is 3. The van der Waals surface area contributed by atoms with Crippen LogP contribution in [0.2, 0.25) is 0 Å². The van der Waals surface area contributed by atoms with E-state index in [4.69, 9.17) is 9.47 Å². The standard InChI is InChI=1S/C15H23NO2/c1-17-9-10-18-8-7-16-12-13-5-6-14-3-2-4-15(14)11-13/h5-6,11,16H,2-4,7-10,12H2,1H3. The Morgan fingerprint density at radius 1 is 1.11 bits per heavy atom. The largest absolute Gasteiger partial charge is 0.382 e. The minimum absolute atomic E-state index is 0.671. The lowest BCUT2D eigenvalue weighted by molar-refractivity contribution is 0.0719. The van der Waals surface area contributed by atoms with E-state index in [1.165, 1.54) is 24.8 Å². The van der Waals surface area contributed by atoms with Gasteiger partial charge in [0.15, 0.2) is 0 Å². The van der Waals surface area contributed by atoms with E-state index < -0.39 is 0 Å². The summed E-state index contributed by atoms with van der Waals surface area (Å²) in [6.07, 6.45) is 3.83. The summed E-state index contributed by atoms with van der Waals surface area (Å²) in [7, 11) is 1.69. The van der Waals surface area contributed by atoms with Gasteiger partial charge in [-0.3, -0.25) is 0 Å². The smallest absolute Gasteiger partial charge is 0.0700 e. The van der Waals surface area contributed by atoms with Crippen molar-refractivity contribution >= 4 is 0 Å². The zero-order chi connectivity index (χ0) is 12.6. The van der Waals surface area contributed by atoms with Gasteiger partial charge in [0.05, 0.1) is 19.8 Å². The van der Waals surface area contributed by atoms with Gasteiger partial charge in [0.25, 0.3) is 0 Å². The molecular formula is C15H23NO2. The van der Waals surface area contributed by atoms with Crippen LogP contribution in [-0.4, -0.2) is 33.5 Å². The molecule has 18 heavy (non-hydrogen) atoms. The Hall–Kier alpha value is -0.900. The molecule has 0 atom stereocenters. The van der Waals surface area contributed by atoms with E-state index >= 15 is 0 Å². The molecule has 100 valence electrons. The van der Waals surface area contributed by atoms with E-state index in [9.17, 15) is 0 Å². The van der Waals surface area contributed by atoms with E-state index in [1.54, 1.807) is 18.2 Å². The van der Waals surface area contributed by atoms with Gasteiger partial charge in [-0.05, 0) is 36.0 Å². The summed E-state index contributed by atoms with van der Waals surface area (Å²) in [5, 5.41) is 3.40. The Morgan fingerprint density at radius 3 is 2.89 bits per heavy atom. The van der Waals surface area contributed by atoms with E-state index in [0.717, 1.165) is 19.7 Å². The van der Waals surface area contributed by atoms with E-state index in [1.807, 2.05) is 0 Å². The third-order valence-corrected chi connectivity index (χ3v) is 3.35. The molecule has 0 spiro atoms. The second kappa shape index (κ2) is 7.52. The second-order valence-corrected chi connectivity index (χ2v) is 4.74. The first-order valence-corrected chi connectivity index (χ1v) is 6.78. The highest BCUT2D eigenvalue weighted by atomic mass is 16.5. The van der Waals surface area contributed by atoms with E-state index in [2.05, 4.69) is 23.5 Å². The van der Waals surface area contributed by atoms with Crippen molar-refractivity contribution in [1.82, 2.24) is 5.32 Å². The summed E-state index contributed by atoms with van der Waals surface area (Å²) in [5.74, 6) is 0. The summed E-state index contributed by atoms with van der Waals surface area (Å²) in [6, 6.07) is 6.87. The van der Waals surface area contributed by atoms with Crippen molar-refractivity contribution in [1.29, 1.82) is 0 Å². The lowest BCUT2D eigenvalue weighted by atomic mass is 10.1. The van der Waals surface area contributed by atoms with Crippen LogP contribution in [0.15, 0.2) is 18.2 Å². The number of aryl methyl sites for hydroxylation is 2. The molecule has 0 unspecified atom stereocenters. The molecule has 0 aliphatic heterocycles. The van der Waals surface area contributed by atoms with Gasteiger partial charge in [-0.25, -0.2) is 0 Å². The molecule has 1 aromatic rings. The molecule has 0 saturated heterocycles. The van der Waals surface area contributed by atoms with Gasteiger partial charge < -0.3 is 14.8 Å². The molecule has 0 bridgehead atoms. The third-order valence-electron chi connectivity index (χ3n) is 3.35. The molecule has 1 aliphatic carbocycles. The van der Waals surface area contributed by atoms with Gasteiger partial charge in [0.2, 0.25) is 0 Å². The first-order chi connectivity index (χ1) is 8.90. The number of benzene rings is 1. The minimum Gasteiger partial charge on any atom is -0.382 e. The third kappa shape index (κ3) is 4.09. The van der Waals surface area contributed by atoms with Crippen molar-refractivity contribution in [3.05, 3.63) is 34.9 Å². The summed E-state index contributed by atoms with van der Waals surface area (Å²) in [4.78, 5) is 0. The maximum Gasteiger partial charge on any atom is 0.0700 e. The van der Waals surface area contributed by atoms with Crippen LogP contribution < -0.4 is 5.32 Å². The molecule has 1 N–H and O–H groups in total. The molecule has 0 aromatic heterocycles. The molecule has 3 nitrogen and oxygen atoms in total. The molecule has 1 aliphatic rings. The molecule has 1 aromatic carbocycles. The van der Waals surface area contributed by atoms with Gasteiger partial charge >= 0.3 is 0 Å². The van der Waals surface area contributed by atoms with Crippen LogP contribution in [0.1, 0.15) is 23.1 Å². The number of nitrogens with one attached hydrogen (secondary N) is 1. The summed E-state index contributed by atoms with van der Waals surface area (Å²) in [6.45, 7) is 3.91. The molecule has 0 fully saturated rings. The zero-order valence-electron chi connectivity index (χ0n) is 11.2. The fourth-order valence-corrected chi connectivity index (χ4v) is 2.36. The van der Waals surface area contributed by atoms with Crippen LogP contribution in [0.25, 0.3) is 0 Å². The Bertz CT molecular complexity index is 366. The predicted octanol–water partition coefficient (Wildman–Crippen LogP) is 1.93. The number of rotatable bonds is 8. The van der Waals surface area contributed by atoms with Crippen molar-refractivity contribution in [3.63, 3.8) is 0 Å². The first-order valence-electron chi connectivity index (χ1n) is 6.78. The zero-order valence-corrected chi connectivity index (χ0v) is 11.2. The van der Waals surface area contributed by atoms with Crippen molar-refractivity contribution in [2.24, 2.45) is 0 Å². The number of methoxy groups -OCH3 is 1. The van der Waals surface area contributed by atoms with Crippen molar-refractivity contribution < 1.29 is 9.47 Å². The summed E-state index contributed by atoms with van der Waals surface area (Å²) >= 11 is 0. The molecule has 2 rings (SSSR count). The van der Waals surface area contributed by atoms with Gasteiger partial charge in [-0.2, -0.15) is 0 Å². The number of ether oxygens (including phenoxy) is 2. The van der Waals surface area contributed by atoms with Gasteiger partial charge in [-0.1, -0.05) is 18.2 Å². The maximum atomic E-state index is 5.40. The van der Waals surface area contributed by atoms with E-state index in [0.29, 0.717) is 13.2 Å². The molecule has 3 heteroatoms. The molecule has 0 amide bonds. The second-order valence-electron chi connectivity index (χ2n) is 4.74. The molecule has 0 radical (unpaired) electrons. The van der Waals surface area contributed by atoms with Crippen molar-refractivity contribution in [3.8, 4) is 0 Å². The highest BCUT2D eigenvalue weighted by Gasteiger charge is 2.10. The Balaban J connectivity index is 1.62. The monoisotopic (exact) mass is 249 g/mol. The normalized spacial score (nSPS) is 13.8. The fourth-order valence-electron chi connectivity index (χ4n) is 2.36. The Labute approximate surface area is 109 Å². The lowest BCUT2D eigenvalue weighted by Crippen LogP contribution is -2.20. The Morgan fingerprint density at radius 2 is 2.00 bits per heavy atom. The average molecular weight is 249 g/mol. The SMILES string of the molecule is COCCOCCNCc1ccc2c(c1)CCC2. The highest BCUT2D eigenvalue weighted by Crippen LogP contribution is 2.22. The summed E-state index contributed by atoms with van der Waals surface area (Å²) in [5.41, 5.74) is 4.47. The quantitative estimate of drug-likeness (QED) is 0.714. The van der Waals surface area contributed by atoms with Crippen LogP contribution in [0.4, 0.5) is 0 Å². The average Bonchev–Trinajstić information content (AvgIpc) is 2.85. The predicted molar refractivity (Wildman–Crippen MR) is 72.9 cm³/mol. The van der Waals surface area contributed by atoms with Crippen LogP contribution in [0.5, 0.6) is 0 Å². The number of fused-ring (bicyclic) bond motifs is 1. The van der Waals surface area contributed by atoms with Crippen LogP contribution in [-0.2, 0) is 28.9 Å². The van der Waals surface area contributed by atoms with Gasteiger partial charge in [0, 0.05) is 20.2 Å². The van der Waals surface area contributed by atoms with Gasteiger partial charge in [-0.15, -0.1) is 0 Å².